The van der Waals surface area contributed by atoms with Gasteiger partial charge in [-0.1, -0.05) is 72.8 Å². The highest BCUT2D eigenvalue weighted by Crippen LogP contribution is 2.51. The Bertz CT molecular complexity index is 1680. The fourth-order valence-electron chi connectivity index (χ4n) is 5.28. The van der Waals surface area contributed by atoms with Gasteiger partial charge in [0.05, 0.1) is 10.8 Å². The molecule has 0 aliphatic heterocycles. The van der Waals surface area contributed by atoms with E-state index >= 15 is 0 Å². The lowest BCUT2D eigenvalue weighted by Crippen LogP contribution is -2.38. The predicted octanol–water partition coefficient (Wildman–Crippen LogP) is 6.00. The van der Waals surface area contributed by atoms with E-state index < -0.39 is 35.1 Å². The fraction of sp³-hybridized carbons (Fsp3) is 0.206. The zero-order valence-corrected chi connectivity index (χ0v) is 24.8. The van der Waals surface area contributed by atoms with Crippen molar-refractivity contribution < 1.29 is 38.3 Å². The number of nitrogens with zero attached hydrogens (tertiary/aromatic N) is 1. The number of alkyl carbamates (subject to hydrolysis) is 1. The molecule has 4 aromatic carbocycles. The van der Waals surface area contributed by atoms with Crippen LogP contribution in [0.4, 0.5) is 15.3 Å². The minimum atomic E-state index is -1.02. The minimum Gasteiger partial charge on any atom is -0.440 e. The molecule has 1 aliphatic carbocycles. The maximum Gasteiger partial charge on any atom is 0.514 e. The maximum absolute atomic E-state index is 13.2. The first-order chi connectivity index (χ1) is 22.4. The lowest BCUT2D eigenvalue weighted by atomic mass is 9.85. The molecule has 236 valence electrons. The summed E-state index contributed by atoms with van der Waals surface area (Å²) in [5.41, 5.74) is 4.90. The van der Waals surface area contributed by atoms with Gasteiger partial charge < -0.3 is 29.6 Å². The van der Waals surface area contributed by atoms with Crippen molar-refractivity contribution in [2.45, 2.75) is 25.6 Å². The van der Waals surface area contributed by atoms with E-state index in [1.165, 1.54) is 24.3 Å². The highest BCUT2D eigenvalue weighted by Gasteiger charge is 2.38. The third-order valence-electron chi connectivity index (χ3n) is 7.34. The molecule has 0 spiro atoms. The summed E-state index contributed by atoms with van der Waals surface area (Å²) in [5, 5.41) is 16.0. The summed E-state index contributed by atoms with van der Waals surface area (Å²) in [6.07, 6.45) is -2.72. The van der Waals surface area contributed by atoms with E-state index in [4.69, 9.17) is 18.9 Å². The fourth-order valence-corrected chi connectivity index (χ4v) is 5.28. The second kappa shape index (κ2) is 14.8. The highest BCUT2D eigenvalue weighted by molar-refractivity contribution is 5.82. The second-order valence-electron chi connectivity index (χ2n) is 10.2. The van der Waals surface area contributed by atoms with Gasteiger partial charge in [0.15, 0.2) is 0 Å². The lowest BCUT2D eigenvalue weighted by molar-refractivity contribution is -0.384. The van der Waals surface area contributed by atoms with Gasteiger partial charge in [-0.15, -0.1) is 0 Å². The molecule has 0 fully saturated rings. The predicted molar refractivity (Wildman–Crippen MR) is 166 cm³/mol. The summed E-state index contributed by atoms with van der Waals surface area (Å²) in [5.74, 6) is -0.789. The van der Waals surface area contributed by atoms with E-state index in [0.717, 1.165) is 22.3 Å². The summed E-state index contributed by atoms with van der Waals surface area (Å²) in [4.78, 5) is 48.3. The summed E-state index contributed by atoms with van der Waals surface area (Å²) < 4.78 is 21.8. The smallest absolute Gasteiger partial charge is 0.440 e. The van der Waals surface area contributed by atoms with Crippen LogP contribution in [0.5, 0.6) is 5.75 Å². The molecule has 0 heterocycles. The largest absolute Gasteiger partial charge is 0.514 e. The van der Waals surface area contributed by atoms with Gasteiger partial charge in [-0.05, 0) is 46.9 Å². The van der Waals surface area contributed by atoms with Crippen LogP contribution >= 0.6 is 0 Å². The molecule has 2 amide bonds. The quantitative estimate of drug-likeness (QED) is 0.0481. The number of benzene rings is 4. The number of nitrogens with one attached hydrogen (secondary N) is 2. The van der Waals surface area contributed by atoms with Gasteiger partial charge in [0.1, 0.15) is 31.7 Å². The number of non-ortho nitro benzene ring substituents is 1. The third-order valence-corrected chi connectivity index (χ3v) is 7.34. The van der Waals surface area contributed by atoms with Crippen LogP contribution in [0.15, 0.2) is 97.1 Å². The molecule has 12 nitrogen and oxygen atoms in total. The molecule has 2 N–H and O–H groups in total. The van der Waals surface area contributed by atoms with Crippen molar-refractivity contribution in [2.24, 2.45) is 0 Å². The first-order valence-corrected chi connectivity index (χ1v) is 14.5. The molecule has 12 heteroatoms. The molecule has 0 saturated heterocycles. The molecular weight excluding hydrogens is 594 g/mol. The third kappa shape index (κ3) is 7.48. The van der Waals surface area contributed by atoms with E-state index in [0.29, 0.717) is 17.7 Å². The number of nitro benzene ring substituents is 1. The second-order valence-corrected chi connectivity index (χ2v) is 10.2. The normalized spacial score (nSPS) is 12.3. The van der Waals surface area contributed by atoms with Crippen LogP contribution in [0, 0.1) is 10.1 Å². The van der Waals surface area contributed by atoms with Gasteiger partial charge in [-0.3, -0.25) is 14.9 Å². The molecule has 0 aromatic heterocycles. The number of carbonyl (C=O) groups is 3. The van der Waals surface area contributed by atoms with Gasteiger partial charge in [-0.2, -0.15) is 0 Å². The van der Waals surface area contributed by atoms with Crippen molar-refractivity contribution in [3.63, 3.8) is 0 Å². The highest BCUT2D eigenvalue weighted by atomic mass is 16.7. The van der Waals surface area contributed by atoms with Crippen molar-refractivity contribution in [3.8, 4) is 16.9 Å². The van der Waals surface area contributed by atoms with Crippen molar-refractivity contribution in [3.05, 3.63) is 129 Å². The molecular formula is C34H31N3O9. The first-order valence-electron chi connectivity index (χ1n) is 14.5. The molecule has 1 atom stereocenters. The van der Waals surface area contributed by atoms with E-state index in [9.17, 15) is 24.5 Å². The van der Waals surface area contributed by atoms with Crippen molar-refractivity contribution in [2.75, 3.05) is 19.9 Å². The van der Waals surface area contributed by atoms with E-state index in [2.05, 4.69) is 10.6 Å². The van der Waals surface area contributed by atoms with Gasteiger partial charge in [0.25, 0.3) is 5.69 Å². The number of amides is 2. The Morgan fingerprint density at radius 3 is 2.13 bits per heavy atom. The van der Waals surface area contributed by atoms with Crippen molar-refractivity contribution in [1.29, 1.82) is 0 Å². The Hall–Kier alpha value is -5.75. The Morgan fingerprint density at radius 1 is 0.848 bits per heavy atom. The first kappa shape index (κ1) is 31.7. The Kier molecular flexibility index (Phi) is 10.2. The zero-order valence-electron chi connectivity index (χ0n) is 24.8. The number of hydrogen-bond acceptors (Lipinski definition) is 9. The molecule has 1 unspecified atom stereocenters. The standard InChI is InChI=1S/C34H31N3O9/c1-2-43-21-36-30(38)19-35-33(39)46-32(31-28-13-7-5-11-26(28)27-12-6-8-14-29(27)31)25-10-4-3-9-22(25)20-44-34(40)45-24-17-15-23(16-18-24)37(41)42/h3-18,31-32H,2,19-21H2,1H3,(H,35,39)(H,36,38). The lowest BCUT2D eigenvalue weighted by Gasteiger charge is -2.28. The summed E-state index contributed by atoms with van der Waals surface area (Å²) >= 11 is 0. The summed E-state index contributed by atoms with van der Waals surface area (Å²) in [7, 11) is 0. The minimum absolute atomic E-state index is 0.0182. The Balaban J connectivity index is 1.39. The average Bonchev–Trinajstić information content (AvgIpc) is 3.40. The van der Waals surface area contributed by atoms with Gasteiger partial charge in [-0.25, -0.2) is 9.59 Å². The number of rotatable bonds is 12. The number of hydrogen-bond donors (Lipinski definition) is 2. The Morgan fingerprint density at radius 2 is 1.48 bits per heavy atom. The summed E-state index contributed by atoms with van der Waals surface area (Å²) in [6, 6.07) is 27.8. The molecule has 0 radical (unpaired) electrons. The molecule has 46 heavy (non-hydrogen) atoms. The van der Waals surface area contributed by atoms with Crippen LogP contribution in [0.3, 0.4) is 0 Å². The van der Waals surface area contributed by atoms with Crippen LogP contribution in [0.1, 0.15) is 41.2 Å². The van der Waals surface area contributed by atoms with Crippen LogP contribution in [-0.4, -0.2) is 43.0 Å². The van der Waals surface area contributed by atoms with Gasteiger partial charge in [0, 0.05) is 24.3 Å². The topological polar surface area (TPSA) is 155 Å². The number of carbonyl (C=O) groups excluding carboxylic acids is 3. The number of fused-ring (bicyclic) bond motifs is 3. The van der Waals surface area contributed by atoms with E-state index in [-0.39, 0.29) is 31.3 Å². The molecule has 1 aliphatic rings. The van der Waals surface area contributed by atoms with Crippen LogP contribution in [0.25, 0.3) is 11.1 Å². The zero-order chi connectivity index (χ0) is 32.5. The molecule has 0 bridgehead atoms. The SMILES string of the molecule is CCOCNC(=O)CNC(=O)OC(c1ccccc1COC(=O)Oc1ccc([N+](=O)[O-])cc1)C1c2ccccc2-c2ccccc21. The summed E-state index contributed by atoms with van der Waals surface area (Å²) in [6.45, 7) is 1.70. The number of ether oxygens (including phenoxy) is 4. The molecule has 0 saturated carbocycles. The average molecular weight is 626 g/mol. The van der Waals surface area contributed by atoms with Crippen LogP contribution < -0.4 is 15.4 Å². The Labute approximate surface area is 264 Å². The number of nitro groups is 1. The van der Waals surface area contributed by atoms with Crippen molar-refractivity contribution >= 4 is 23.8 Å². The van der Waals surface area contributed by atoms with Gasteiger partial charge >= 0.3 is 12.2 Å². The monoisotopic (exact) mass is 625 g/mol. The van der Waals surface area contributed by atoms with E-state index in [1.54, 1.807) is 31.2 Å². The van der Waals surface area contributed by atoms with Crippen LogP contribution in [-0.2, 0) is 25.6 Å². The van der Waals surface area contributed by atoms with Crippen LogP contribution in [0.2, 0.25) is 0 Å². The molecule has 4 aromatic rings. The molecule has 5 rings (SSSR count). The van der Waals surface area contributed by atoms with Crippen molar-refractivity contribution in [1.82, 2.24) is 10.6 Å². The van der Waals surface area contributed by atoms with Gasteiger partial charge in [0.2, 0.25) is 5.91 Å². The van der Waals surface area contributed by atoms with E-state index in [1.807, 2.05) is 48.5 Å². The maximum atomic E-state index is 13.2.